The van der Waals surface area contributed by atoms with E-state index in [0.717, 1.165) is 21.8 Å². The summed E-state index contributed by atoms with van der Waals surface area (Å²) in [6.45, 7) is 0. The first-order chi connectivity index (χ1) is 13.3. The number of amides is 1. The van der Waals surface area contributed by atoms with E-state index in [1.54, 1.807) is 4.68 Å². The predicted molar refractivity (Wildman–Crippen MR) is 101 cm³/mol. The van der Waals surface area contributed by atoms with Crippen LogP contribution in [0.25, 0.3) is 5.69 Å². The monoisotopic (exact) mass is 377 g/mol. The maximum Gasteiger partial charge on any atom is 0.230 e. The second-order valence-corrected chi connectivity index (χ2v) is 6.87. The summed E-state index contributed by atoms with van der Waals surface area (Å²) in [6.07, 6.45) is 2.47. The van der Waals surface area contributed by atoms with Gasteiger partial charge in [0.2, 0.25) is 11.0 Å². The molecular weight excluding hydrogens is 362 g/mol. The van der Waals surface area contributed by atoms with Crippen molar-refractivity contribution < 1.29 is 4.79 Å². The summed E-state index contributed by atoms with van der Waals surface area (Å²) in [5.74, 6) is -0.132. The first-order valence-electron chi connectivity index (χ1n) is 8.25. The van der Waals surface area contributed by atoms with Gasteiger partial charge in [0.15, 0.2) is 0 Å². The quantitative estimate of drug-likeness (QED) is 0.553. The molecule has 4 rings (SSSR count). The lowest BCUT2D eigenvalue weighted by Gasteiger charge is -2.03. The number of tetrazole rings is 1. The zero-order valence-corrected chi connectivity index (χ0v) is 15.0. The van der Waals surface area contributed by atoms with Crippen LogP contribution in [-0.2, 0) is 17.6 Å². The molecule has 4 aromatic rings. The SMILES string of the molecule is O=C(Cc1ccc(-n2cnnn2)cc1)Nc1nnc(Cc2ccccc2)s1. The molecule has 0 radical (unpaired) electrons. The number of rotatable bonds is 6. The van der Waals surface area contributed by atoms with E-state index in [-0.39, 0.29) is 12.3 Å². The number of carbonyl (C=O) groups excluding carboxylic acids is 1. The Bertz CT molecular complexity index is 1010. The lowest BCUT2D eigenvalue weighted by atomic mass is 10.1. The summed E-state index contributed by atoms with van der Waals surface area (Å²) >= 11 is 1.39. The van der Waals surface area contributed by atoms with Gasteiger partial charge in [-0.1, -0.05) is 53.8 Å². The van der Waals surface area contributed by atoms with Crippen molar-refractivity contribution in [2.75, 3.05) is 5.32 Å². The van der Waals surface area contributed by atoms with Gasteiger partial charge in [-0.05, 0) is 33.7 Å². The largest absolute Gasteiger partial charge is 0.300 e. The maximum atomic E-state index is 12.3. The lowest BCUT2D eigenvalue weighted by Crippen LogP contribution is -2.14. The highest BCUT2D eigenvalue weighted by Gasteiger charge is 2.10. The Hall–Kier alpha value is -3.46. The second-order valence-electron chi connectivity index (χ2n) is 5.81. The fraction of sp³-hybridized carbons (Fsp3) is 0.111. The lowest BCUT2D eigenvalue weighted by molar-refractivity contribution is -0.115. The summed E-state index contributed by atoms with van der Waals surface area (Å²) in [6, 6.07) is 17.5. The molecule has 27 heavy (non-hydrogen) atoms. The Morgan fingerprint density at radius 2 is 1.81 bits per heavy atom. The van der Waals surface area contributed by atoms with Gasteiger partial charge in [0.25, 0.3) is 0 Å². The van der Waals surface area contributed by atoms with Gasteiger partial charge in [-0.2, -0.15) is 0 Å². The van der Waals surface area contributed by atoms with Crippen molar-refractivity contribution in [3.8, 4) is 5.69 Å². The van der Waals surface area contributed by atoms with E-state index >= 15 is 0 Å². The van der Waals surface area contributed by atoms with E-state index in [1.165, 1.54) is 17.7 Å². The van der Waals surface area contributed by atoms with E-state index < -0.39 is 0 Å². The fourth-order valence-electron chi connectivity index (χ4n) is 2.54. The van der Waals surface area contributed by atoms with Crippen molar-refractivity contribution >= 4 is 22.4 Å². The van der Waals surface area contributed by atoms with Crippen LogP contribution in [0.2, 0.25) is 0 Å². The highest BCUT2D eigenvalue weighted by molar-refractivity contribution is 7.15. The zero-order valence-electron chi connectivity index (χ0n) is 14.2. The van der Waals surface area contributed by atoms with Crippen LogP contribution in [0.3, 0.4) is 0 Å². The molecule has 2 aromatic carbocycles. The Morgan fingerprint density at radius 3 is 2.56 bits per heavy atom. The van der Waals surface area contributed by atoms with Crippen LogP contribution in [0.4, 0.5) is 5.13 Å². The highest BCUT2D eigenvalue weighted by Crippen LogP contribution is 2.19. The molecule has 2 aromatic heterocycles. The standard InChI is InChI=1S/C18H15N7OS/c26-16(10-14-6-8-15(9-7-14)25-12-19-23-24-25)20-18-22-21-17(27-18)11-13-4-2-1-3-5-13/h1-9,12H,10-11H2,(H,20,22,26). The molecule has 0 saturated carbocycles. The number of hydrogen-bond acceptors (Lipinski definition) is 7. The van der Waals surface area contributed by atoms with E-state index in [2.05, 4.69) is 31.0 Å². The van der Waals surface area contributed by atoms with Gasteiger partial charge in [-0.15, -0.1) is 15.3 Å². The van der Waals surface area contributed by atoms with Crippen LogP contribution in [0.5, 0.6) is 0 Å². The summed E-state index contributed by atoms with van der Waals surface area (Å²) in [7, 11) is 0. The third-order valence-electron chi connectivity index (χ3n) is 3.83. The third-order valence-corrected chi connectivity index (χ3v) is 4.66. The maximum absolute atomic E-state index is 12.3. The van der Waals surface area contributed by atoms with Gasteiger partial charge in [-0.25, -0.2) is 4.68 Å². The highest BCUT2D eigenvalue weighted by atomic mass is 32.1. The zero-order chi connectivity index (χ0) is 18.5. The third kappa shape index (κ3) is 4.39. The number of carbonyl (C=O) groups is 1. The topological polar surface area (TPSA) is 98.5 Å². The fourth-order valence-corrected chi connectivity index (χ4v) is 3.33. The number of anilines is 1. The van der Waals surface area contributed by atoms with E-state index in [4.69, 9.17) is 0 Å². The number of nitrogens with one attached hydrogen (secondary N) is 1. The second kappa shape index (κ2) is 7.83. The Balaban J connectivity index is 1.34. The van der Waals surface area contributed by atoms with Gasteiger partial charge in [0, 0.05) is 6.42 Å². The van der Waals surface area contributed by atoms with E-state index in [9.17, 15) is 4.79 Å². The first-order valence-corrected chi connectivity index (χ1v) is 9.06. The van der Waals surface area contributed by atoms with Gasteiger partial charge in [0.05, 0.1) is 12.1 Å². The van der Waals surface area contributed by atoms with Crippen molar-refractivity contribution in [3.63, 3.8) is 0 Å². The Kier molecular flexibility index (Phi) is 4.93. The van der Waals surface area contributed by atoms with Crippen molar-refractivity contribution in [2.45, 2.75) is 12.8 Å². The molecule has 134 valence electrons. The van der Waals surface area contributed by atoms with Crippen LogP contribution in [0.15, 0.2) is 60.9 Å². The van der Waals surface area contributed by atoms with Crippen LogP contribution in [0.1, 0.15) is 16.1 Å². The van der Waals surface area contributed by atoms with Crippen LogP contribution in [0, 0.1) is 0 Å². The molecule has 0 spiro atoms. The summed E-state index contributed by atoms with van der Waals surface area (Å²) < 4.78 is 1.55. The van der Waals surface area contributed by atoms with E-state index in [0.29, 0.717) is 11.6 Å². The summed E-state index contributed by atoms with van der Waals surface area (Å²) in [4.78, 5) is 12.3. The summed E-state index contributed by atoms with van der Waals surface area (Å²) in [5, 5.41) is 23.4. The van der Waals surface area contributed by atoms with Crippen molar-refractivity contribution in [1.29, 1.82) is 0 Å². The average molecular weight is 377 g/mol. The van der Waals surface area contributed by atoms with Gasteiger partial charge >= 0.3 is 0 Å². The molecule has 0 saturated heterocycles. The van der Waals surface area contributed by atoms with Crippen LogP contribution in [-0.4, -0.2) is 36.3 Å². The minimum atomic E-state index is -0.132. The molecule has 0 unspecified atom stereocenters. The minimum Gasteiger partial charge on any atom is -0.300 e. The first kappa shape index (κ1) is 17.0. The molecule has 0 atom stereocenters. The Morgan fingerprint density at radius 1 is 1.00 bits per heavy atom. The normalized spacial score (nSPS) is 10.7. The minimum absolute atomic E-state index is 0.132. The molecule has 0 fully saturated rings. The number of hydrogen-bond donors (Lipinski definition) is 1. The molecule has 8 nitrogen and oxygen atoms in total. The number of nitrogens with zero attached hydrogens (tertiary/aromatic N) is 6. The smallest absolute Gasteiger partial charge is 0.230 e. The van der Waals surface area contributed by atoms with Gasteiger partial charge in [0.1, 0.15) is 11.3 Å². The molecule has 2 heterocycles. The van der Waals surface area contributed by atoms with Crippen LogP contribution < -0.4 is 5.32 Å². The Labute approximate surface area is 158 Å². The van der Waals surface area contributed by atoms with Crippen LogP contribution >= 0.6 is 11.3 Å². The molecular formula is C18H15N7OS. The van der Waals surface area contributed by atoms with E-state index in [1.807, 2.05) is 54.6 Å². The molecule has 0 aliphatic rings. The molecule has 0 bridgehead atoms. The van der Waals surface area contributed by atoms with Crippen molar-refractivity contribution in [1.82, 2.24) is 30.4 Å². The average Bonchev–Trinajstić information content (AvgIpc) is 3.36. The molecule has 0 aliphatic heterocycles. The molecule has 1 amide bonds. The molecule has 9 heteroatoms. The van der Waals surface area contributed by atoms with Crippen molar-refractivity contribution in [2.24, 2.45) is 0 Å². The van der Waals surface area contributed by atoms with Gasteiger partial charge < -0.3 is 5.32 Å². The number of benzene rings is 2. The molecule has 1 N–H and O–H groups in total. The van der Waals surface area contributed by atoms with Gasteiger partial charge in [-0.3, -0.25) is 4.79 Å². The van der Waals surface area contributed by atoms with Crippen molar-refractivity contribution in [3.05, 3.63) is 77.1 Å². The number of aromatic nitrogens is 6. The molecule has 0 aliphatic carbocycles. The summed E-state index contributed by atoms with van der Waals surface area (Å²) in [5.41, 5.74) is 2.88. The predicted octanol–water partition coefficient (Wildman–Crippen LogP) is 2.29.